The number of carbonyl (C=O) groups excluding carboxylic acids is 2. The van der Waals surface area contributed by atoms with Crippen LogP contribution < -0.4 is 10.1 Å². The van der Waals surface area contributed by atoms with Gasteiger partial charge in [0.2, 0.25) is 0 Å². The summed E-state index contributed by atoms with van der Waals surface area (Å²) >= 11 is 0. The van der Waals surface area contributed by atoms with Gasteiger partial charge in [0, 0.05) is 6.42 Å². The molecule has 0 aliphatic carbocycles. The van der Waals surface area contributed by atoms with Crippen LogP contribution in [-0.2, 0) is 20.7 Å². The molecule has 2 aromatic rings. The van der Waals surface area contributed by atoms with Crippen LogP contribution >= 0.6 is 0 Å². The fourth-order valence-electron chi connectivity index (χ4n) is 3.68. The summed E-state index contributed by atoms with van der Waals surface area (Å²) in [6.45, 7) is 2.22. The van der Waals surface area contributed by atoms with Gasteiger partial charge in [-0.25, -0.2) is 4.79 Å². The number of hydrogen-bond donors (Lipinski definition) is 1. The number of rotatable bonds is 9. The maximum Gasteiger partial charge on any atom is 0.328 e. The lowest BCUT2D eigenvalue weighted by Crippen LogP contribution is -2.34. The molecule has 2 aromatic carbocycles. The molecule has 2 unspecified atom stereocenters. The van der Waals surface area contributed by atoms with Crippen LogP contribution in [0.2, 0.25) is 0 Å². The highest BCUT2D eigenvalue weighted by atomic mass is 16.5. The summed E-state index contributed by atoms with van der Waals surface area (Å²) in [5.74, 6) is -0.128. The second-order valence-electron chi connectivity index (χ2n) is 7.42. The van der Waals surface area contributed by atoms with E-state index in [2.05, 4.69) is 41.2 Å². The molecule has 0 spiro atoms. The third kappa shape index (κ3) is 5.37. The van der Waals surface area contributed by atoms with E-state index in [0.717, 1.165) is 12.0 Å². The number of ether oxygens (including phenoxy) is 2. The quantitative estimate of drug-likeness (QED) is 0.508. The number of benzene rings is 2. The lowest BCUT2D eigenvalue weighted by Gasteiger charge is -2.13. The van der Waals surface area contributed by atoms with E-state index in [-0.39, 0.29) is 12.3 Å². The molecule has 0 aromatic heterocycles. The van der Waals surface area contributed by atoms with Gasteiger partial charge in [-0.05, 0) is 41.7 Å². The van der Waals surface area contributed by atoms with Crippen LogP contribution in [0.3, 0.4) is 0 Å². The molecule has 1 aliphatic heterocycles. The van der Waals surface area contributed by atoms with Crippen molar-refractivity contribution in [1.82, 2.24) is 5.32 Å². The summed E-state index contributed by atoms with van der Waals surface area (Å²) < 4.78 is 10.5. The number of methoxy groups -OCH3 is 1. The molecule has 0 bridgehead atoms. The van der Waals surface area contributed by atoms with Crippen LogP contribution in [0.4, 0.5) is 0 Å². The predicted molar refractivity (Wildman–Crippen MR) is 113 cm³/mol. The van der Waals surface area contributed by atoms with Crippen molar-refractivity contribution in [2.24, 2.45) is 0 Å². The van der Waals surface area contributed by atoms with Crippen LogP contribution in [-0.4, -0.2) is 31.1 Å². The Morgan fingerprint density at radius 3 is 2.55 bits per heavy atom. The van der Waals surface area contributed by atoms with Gasteiger partial charge in [-0.1, -0.05) is 62.6 Å². The smallest absolute Gasteiger partial charge is 0.328 e. The molecule has 1 fully saturated rings. The summed E-state index contributed by atoms with van der Waals surface area (Å²) in [5.41, 5.74) is 3.72. The van der Waals surface area contributed by atoms with Crippen molar-refractivity contribution in [1.29, 1.82) is 0 Å². The van der Waals surface area contributed by atoms with E-state index in [1.54, 1.807) is 0 Å². The average Bonchev–Trinajstić information content (AvgIpc) is 3.12. The Kier molecular flexibility index (Phi) is 7.28. The number of unbranched alkanes of at least 4 members (excludes halogenated alkanes) is 3. The fourth-order valence-corrected chi connectivity index (χ4v) is 3.68. The zero-order valence-corrected chi connectivity index (χ0v) is 17.1. The number of aryl methyl sites for hydroxylation is 1. The summed E-state index contributed by atoms with van der Waals surface area (Å²) in [6.07, 6.45) is 5.63. The van der Waals surface area contributed by atoms with Crippen molar-refractivity contribution >= 4 is 11.9 Å². The van der Waals surface area contributed by atoms with Gasteiger partial charge in [-0.3, -0.25) is 4.79 Å². The third-order valence-corrected chi connectivity index (χ3v) is 5.31. The molecule has 154 valence electrons. The number of nitrogens with one attached hydrogen (secondary N) is 1. The van der Waals surface area contributed by atoms with Gasteiger partial charge >= 0.3 is 5.97 Å². The van der Waals surface area contributed by atoms with Crippen molar-refractivity contribution in [3.8, 4) is 16.9 Å². The highest BCUT2D eigenvalue weighted by Gasteiger charge is 2.38. The molecule has 0 saturated carbocycles. The van der Waals surface area contributed by atoms with Gasteiger partial charge in [0.15, 0.2) is 6.10 Å². The molecular weight excluding hydrogens is 366 g/mol. The van der Waals surface area contributed by atoms with E-state index in [9.17, 15) is 9.59 Å². The first-order valence-corrected chi connectivity index (χ1v) is 10.4. The van der Waals surface area contributed by atoms with Crippen molar-refractivity contribution in [2.45, 2.75) is 57.6 Å². The van der Waals surface area contributed by atoms with Gasteiger partial charge < -0.3 is 14.8 Å². The average molecular weight is 395 g/mol. The second kappa shape index (κ2) is 10.1. The molecule has 2 atom stereocenters. The highest BCUT2D eigenvalue weighted by Crippen LogP contribution is 2.28. The molecule has 1 amide bonds. The van der Waals surface area contributed by atoms with Crippen LogP contribution in [0.15, 0.2) is 48.5 Å². The number of amides is 1. The van der Waals surface area contributed by atoms with Crippen molar-refractivity contribution in [3.63, 3.8) is 0 Å². The molecular formula is C24H29NO4. The topological polar surface area (TPSA) is 64.6 Å². The monoisotopic (exact) mass is 395 g/mol. The first-order chi connectivity index (χ1) is 14.1. The Hall–Kier alpha value is -2.82. The molecule has 5 heteroatoms. The van der Waals surface area contributed by atoms with Gasteiger partial charge in [0.05, 0.1) is 7.11 Å². The predicted octanol–water partition coefficient (Wildman–Crippen LogP) is 4.29. The Morgan fingerprint density at radius 2 is 1.83 bits per heavy atom. The standard InChI is InChI=1S/C24H29NO4/c1-3-4-5-6-9-17-10-7-8-11-20(17)18-12-14-19(15-13-18)29-22-16-21(24(27)28-2)25-23(22)26/h7-8,10-15,21-22H,3-6,9,16H2,1-2H3,(H,25,26). The molecule has 1 N–H and O–H groups in total. The first-order valence-electron chi connectivity index (χ1n) is 10.4. The minimum Gasteiger partial charge on any atom is -0.481 e. The summed E-state index contributed by atoms with van der Waals surface area (Å²) in [4.78, 5) is 23.7. The molecule has 1 aliphatic rings. The maximum atomic E-state index is 12.0. The highest BCUT2D eigenvalue weighted by molar-refractivity contribution is 5.91. The maximum absolute atomic E-state index is 12.0. The second-order valence-corrected chi connectivity index (χ2v) is 7.42. The molecule has 3 rings (SSSR count). The molecule has 0 radical (unpaired) electrons. The Morgan fingerprint density at radius 1 is 1.07 bits per heavy atom. The SMILES string of the molecule is CCCCCCc1ccccc1-c1ccc(OC2CC(C(=O)OC)NC2=O)cc1. The van der Waals surface area contributed by atoms with E-state index in [1.807, 2.05) is 24.3 Å². The van der Waals surface area contributed by atoms with Gasteiger partial charge in [-0.15, -0.1) is 0 Å². The normalized spacial score (nSPS) is 18.3. The van der Waals surface area contributed by atoms with Crippen LogP contribution in [0.5, 0.6) is 5.75 Å². The van der Waals surface area contributed by atoms with Crippen LogP contribution in [0.1, 0.15) is 44.6 Å². The lowest BCUT2D eigenvalue weighted by molar-refractivity contribution is -0.143. The van der Waals surface area contributed by atoms with Crippen molar-refractivity contribution in [2.75, 3.05) is 7.11 Å². The molecule has 1 heterocycles. The zero-order chi connectivity index (χ0) is 20.6. The van der Waals surface area contributed by atoms with Gasteiger partial charge in [-0.2, -0.15) is 0 Å². The van der Waals surface area contributed by atoms with E-state index in [0.29, 0.717) is 5.75 Å². The number of carbonyl (C=O) groups is 2. The number of esters is 1. The van der Waals surface area contributed by atoms with E-state index >= 15 is 0 Å². The summed E-state index contributed by atoms with van der Waals surface area (Å²) in [5, 5.41) is 2.61. The Bertz CT molecular complexity index is 831. The third-order valence-electron chi connectivity index (χ3n) is 5.31. The van der Waals surface area contributed by atoms with Crippen LogP contribution in [0.25, 0.3) is 11.1 Å². The van der Waals surface area contributed by atoms with E-state index in [1.165, 1.54) is 43.9 Å². The Labute approximate surface area is 172 Å². The summed E-state index contributed by atoms with van der Waals surface area (Å²) in [6, 6.07) is 15.6. The lowest BCUT2D eigenvalue weighted by atomic mass is 9.96. The minimum absolute atomic E-state index is 0.272. The van der Waals surface area contributed by atoms with Gasteiger partial charge in [0.25, 0.3) is 5.91 Å². The van der Waals surface area contributed by atoms with Crippen LogP contribution in [0, 0.1) is 0 Å². The van der Waals surface area contributed by atoms with Crippen molar-refractivity contribution < 1.29 is 19.1 Å². The zero-order valence-electron chi connectivity index (χ0n) is 17.1. The van der Waals surface area contributed by atoms with Crippen molar-refractivity contribution in [3.05, 3.63) is 54.1 Å². The molecule has 29 heavy (non-hydrogen) atoms. The molecule has 5 nitrogen and oxygen atoms in total. The number of hydrogen-bond acceptors (Lipinski definition) is 4. The molecule has 1 saturated heterocycles. The fraction of sp³-hybridized carbons (Fsp3) is 0.417. The largest absolute Gasteiger partial charge is 0.481 e. The van der Waals surface area contributed by atoms with E-state index in [4.69, 9.17) is 4.74 Å². The van der Waals surface area contributed by atoms with E-state index < -0.39 is 18.1 Å². The first kappa shape index (κ1) is 20.9. The Balaban J connectivity index is 1.65. The van der Waals surface area contributed by atoms with Gasteiger partial charge in [0.1, 0.15) is 11.8 Å². The minimum atomic E-state index is -0.684. The summed E-state index contributed by atoms with van der Waals surface area (Å²) in [7, 11) is 1.31.